The molecule has 88 valence electrons. The van der Waals surface area contributed by atoms with Crippen LogP contribution >= 0.6 is 11.3 Å². The van der Waals surface area contributed by atoms with E-state index >= 15 is 0 Å². The number of thiazole rings is 1. The Hall–Kier alpha value is -0.450. The molecular formula is C12H19N3S. The Morgan fingerprint density at radius 1 is 1.38 bits per heavy atom. The van der Waals surface area contributed by atoms with Crippen molar-refractivity contribution in [3.8, 4) is 0 Å². The lowest BCUT2D eigenvalue weighted by atomic mass is 10.1. The number of piperidine rings is 1. The second kappa shape index (κ2) is 4.82. The Labute approximate surface area is 101 Å². The Bertz CT molecular complexity index is 321. The Kier molecular flexibility index (Phi) is 3.22. The van der Waals surface area contributed by atoms with E-state index < -0.39 is 0 Å². The van der Waals surface area contributed by atoms with Crippen LogP contribution in [-0.4, -0.2) is 35.1 Å². The minimum absolute atomic E-state index is 0.722. The molecule has 1 N–H and O–H groups in total. The van der Waals surface area contributed by atoms with Gasteiger partial charge in [-0.2, -0.15) is 0 Å². The smallest absolute Gasteiger partial charge is 0.0795 e. The normalized spacial score (nSPS) is 27.1. The summed E-state index contributed by atoms with van der Waals surface area (Å²) >= 11 is 1.70. The maximum absolute atomic E-state index is 4.37. The summed E-state index contributed by atoms with van der Waals surface area (Å²) in [5, 5.41) is 5.91. The number of likely N-dealkylation sites (tertiary alicyclic amines) is 1. The van der Waals surface area contributed by atoms with Crippen LogP contribution in [0.15, 0.2) is 10.9 Å². The molecule has 1 aliphatic carbocycles. The molecule has 1 aliphatic heterocycles. The van der Waals surface area contributed by atoms with Gasteiger partial charge in [0, 0.05) is 30.6 Å². The largest absolute Gasteiger partial charge is 0.310 e. The first-order valence-electron chi connectivity index (χ1n) is 6.25. The molecule has 2 fully saturated rings. The fraction of sp³-hybridized carbons (Fsp3) is 0.750. The van der Waals surface area contributed by atoms with Crippen LogP contribution in [0, 0.1) is 0 Å². The van der Waals surface area contributed by atoms with Crippen LogP contribution in [0.2, 0.25) is 0 Å². The van der Waals surface area contributed by atoms with Crippen LogP contribution in [0.3, 0.4) is 0 Å². The van der Waals surface area contributed by atoms with E-state index in [0.29, 0.717) is 0 Å². The highest BCUT2D eigenvalue weighted by atomic mass is 32.1. The van der Waals surface area contributed by atoms with Crippen molar-refractivity contribution in [1.29, 1.82) is 0 Å². The van der Waals surface area contributed by atoms with E-state index in [9.17, 15) is 0 Å². The summed E-state index contributed by atoms with van der Waals surface area (Å²) in [5.74, 6) is 0. The van der Waals surface area contributed by atoms with Gasteiger partial charge in [0.05, 0.1) is 11.2 Å². The van der Waals surface area contributed by atoms with Crippen LogP contribution in [0.25, 0.3) is 0 Å². The monoisotopic (exact) mass is 237 g/mol. The summed E-state index contributed by atoms with van der Waals surface area (Å²) < 4.78 is 0. The third kappa shape index (κ3) is 2.81. The minimum Gasteiger partial charge on any atom is -0.310 e. The third-order valence-corrected chi connectivity index (χ3v) is 4.06. The average Bonchev–Trinajstić information content (AvgIpc) is 2.94. The molecular weight excluding hydrogens is 218 g/mol. The molecule has 2 heterocycles. The third-order valence-electron chi connectivity index (χ3n) is 3.42. The van der Waals surface area contributed by atoms with Gasteiger partial charge in [0.1, 0.15) is 0 Å². The van der Waals surface area contributed by atoms with Crippen molar-refractivity contribution >= 4 is 11.3 Å². The highest BCUT2D eigenvalue weighted by Crippen LogP contribution is 2.22. The number of aromatic nitrogens is 1. The van der Waals surface area contributed by atoms with E-state index in [1.807, 2.05) is 5.51 Å². The van der Waals surface area contributed by atoms with Crippen molar-refractivity contribution in [3.05, 3.63) is 16.6 Å². The van der Waals surface area contributed by atoms with Crippen LogP contribution < -0.4 is 5.32 Å². The first-order valence-corrected chi connectivity index (χ1v) is 7.20. The molecule has 0 aromatic carbocycles. The van der Waals surface area contributed by atoms with Crippen molar-refractivity contribution in [2.24, 2.45) is 0 Å². The number of hydrogen-bond acceptors (Lipinski definition) is 4. The van der Waals surface area contributed by atoms with E-state index in [2.05, 4.69) is 20.6 Å². The molecule has 0 spiro atoms. The number of rotatable bonds is 4. The summed E-state index contributed by atoms with van der Waals surface area (Å²) in [5.41, 5.74) is 3.16. The molecule has 16 heavy (non-hydrogen) atoms. The minimum atomic E-state index is 0.722. The SMILES string of the molecule is c1nc(CN2CCCC(NC3CC3)C2)cs1. The zero-order valence-electron chi connectivity index (χ0n) is 9.56. The van der Waals surface area contributed by atoms with Gasteiger partial charge in [-0.15, -0.1) is 11.3 Å². The highest BCUT2D eigenvalue weighted by Gasteiger charge is 2.27. The van der Waals surface area contributed by atoms with Gasteiger partial charge in [0.15, 0.2) is 0 Å². The van der Waals surface area contributed by atoms with Crippen molar-refractivity contribution in [2.75, 3.05) is 13.1 Å². The fourth-order valence-corrected chi connectivity index (χ4v) is 3.01. The second-order valence-corrected chi connectivity index (χ2v) is 5.71. The summed E-state index contributed by atoms with van der Waals surface area (Å²) in [7, 11) is 0. The standard InChI is InChI=1S/C12H19N3S/c1-2-11(14-10-3-4-10)6-15(5-1)7-12-8-16-9-13-12/h8-11,14H,1-7H2. The van der Waals surface area contributed by atoms with Crippen molar-refractivity contribution < 1.29 is 0 Å². The molecule has 3 nitrogen and oxygen atoms in total. The molecule has 0 radical (unpaired) electrons. The van der Waals surface area contributed by atoms with E-state index in [-0.39, 0.29) is 0 Å². The molecule has 4 heteroatoms. The highest BCUT2D eigenvalue weighted by molar-refractivity contribution is 7.07. The first kappa shape index (κ1) is 10.7. The molecule has 1 saturated heterocycles. The maximum Gasteiger partial charge on any atom is 0.0795 e. The van der Waals surface area contributed by atoms with Gasteiger partial charge in [0.25, 0.3) is 0 Å². The maximum atomic E-state index is 4.37. The fourth-order valence-electron chi connectivity index (χ4n) is 2.46. The number of nitrogens with one attached hydrogen (secondary N) is 1. The number of nitrogens with zero attached hydrogens (tertiary/aromatic N) is 2. The van der Waals surface area contributed by atoms with E-state index in [1.54, 1.807) is 11.3 Å². The molecule has 1 saturated carbocycles. The second-order valence-electron chi connectivity index (χ2n) is 4.99. The lowest BCUT2D eigenvalue weighted by Gasteiger charge is -2.32. The van der Waals surface area contributed by atoms with Crippen molar-refractivity contribution in [1.82, 2.24) is 15.2 Å². The van der Waals surface area contributed by atoms with Gasteiger partial charge < -0.3 is 5.32 Å². The molecule has 1 aromatic rings. The lowest BCUT2D eigenvalue weighted by molar-refractivity contribution is 0.181. The number of hydrogen-bond donors (Lipinski definition) is 1. The molecule has 0 bridgehead atoms. The summed E-state index contributed by atoms with van der Waals surface area (Å²) in [6, 6.07) is 1.56. The van der Waals surface area contributed by atoms with Gasteiger partial charge >= 0.3 is 0 Å². The predicted molar refractivity (Wildman–Crippen MR) is 66.6 cm³/mol. The zero-order chi connectivity index (χ0) is 10.8. The summed E-state index contributed by atoms with van der Waals surface area (Å²) in [6.07, 6.45) is 5.46. The average molecular weight is 237 g/mol. The molecule has 1 unspecified atom stereocenters. The summed E-state index contributed by atoms with van der Waals surface area (Å²) in [4.78, 5) is 6.91. The zero-order valence-corrected chi connectivity index (χ0v) is 10.4. The quantitative estimate of drug-likeness (QED) is 0.866. The Morgan fingerprint density at radius 3 is 3.06 bits per heavy atom. The van der Waals surface area contributed by atoms with Gasteiger partial charge in [-0.05, 0) is 32.2 Å². The molecule has 3 rings (SSSR count). The van der Waals surface area contributed by atoms with Gasteiger partial charge in [-0.1, -0.05) is 0 Å². The van der Waals surface area contributed by atoms with E-state index in [0.717, 1.165) is 18.6 Å². The predicted octanol–water partition coefficient (Wildman–Crippen LogP) is 1.86. The molecule has 1 atom stereocenters. The summed E-state index contributed by atoms with van der Waals surface area (Å²) in [6.45, 7) is 3.47. The van der Waals surface area contributed by atoms with Crippen LogP contribution in [0.4, 0.5) is 0 Å². The van der Waals surface area contributed by atoms with Crippen molar-refractivity contribution in [3.63, 3.8) is 0 Å². The Morgan fingerprint density at radius 2 is 2.31 bits per heavy atom. The van der Waals surface area contributed by atoms with Crippen LogP contribution in [0.5, 0.6) is 0 Å². The molecule has 0 amide bonds. The van der Waals surface area contributed by atoms with Gasteiger partial charge in [-0.25, -0.2) is 4.98 Å². The van der Waals surface area contributed by atoms with E-state index in [1.165, 1.54) is 44.5 Å². The van der Waals surface area contributed by atoms with E-state index in [4.69, 9.17) is 0 Å². The lowest BCUT2D eigenvalue weighted by Crippen LogP contribution is -2.46. The molecule has 2 aliphatic rings. The Balaban J connectivity index is 1.51. The first-order chi connectivity index (χ1) is 7.90. The molecule has 1 aromatic heterocycles. The van der Waals surface area contributed by atoms with Gasteiger partial charge in [0.2, 0.25) is 0 Å². The van der Waals surface area contributed by atoms with Crippen LogP contribution in [0.1, 0.15) is 31.4 Å². The van der Waals surface area contributed by atoms with Crippen LogP contribution in [-0.2, 0) is 6.54 Å². The van der Waals surface area contributed by atoms with Crippen molar-refractivity contribution in [2.45, 2.75) is 44.3 Å². The topological polar surface area (TPSA) is 28.2 Å². The van der Waals surface area contributed by atoms with Gasteiger partial charge in [-0.3, -0.25) is 4.90 Å².